The second-order valence-electron chi connectivity index (χ2n) is 6.95. The van der Waals surface area contributed by atoms with Gasteiger partial charge in [0.05, 0.1) is 18.4 Å². The van der Waals surface area contributed by atoms with Crippen LogP contribution in [0.15, 0.2) is 18.2 Å². The maximum atomic E-state index is 13.0. The largest absolute Gasteiger partial charge is 0.497 e. The van der Waals surface area contributed by atoms with Crippen LogP contribution in [0.25, 0.3) is 10.1 Å². The van der Waals surface area contributed by atoms with Gasteiger partial charge in [-0.1, -0.05) is 27.2 Å². The molecule has 2 rings (SSSR count). The lowest BCUT2D eigenvalue weighted by molar-refractivity contribution is -0.130. The van der Waals surface area contributed by atoms with E-state index in [0.717, 1.165) is 52.1 Å². The molecule has 2 aromatic rings. The van der Waals surface area contributed by atoms with Crippen molar-refractivity contribution in [3.05, 3.63) is 28.6 Å². The topological polar surface area (TPSA) is 46.6 Å². The number of rotatable bonds is 10. The van der Waals surface area contributed by atoms with Crippen molar-refractivity contribution in [2.45, 2.75) is 53.4 Å². The molecule has 0 aliphatic heterocycles. The van der Waals surface area contributed by atoms with E-state index in [4.69, 9.17) is 4.74 Å². The molecule has 0 saturated carbocycles. The lowest BCUT2D eigenvalue weighted by atomic mass is 9.97. The van der Waals surface area contributed by atoms with Gasteiger partial charge in [0.15, 0.2) is 5.78 Å². The second-order valence-corrected chi connectivity index (χ2v) is 8.00. The number of benzene rings is 1. The summed E-state index contributed by atoms with van der Waals surface area (Å²) in [6, 6.07) is 5.83. The van der Waals surface area contributed by atoms with Gasteiger partial charge < -0.3 is 9.64 Å². The molecule has 0 saturated heterocycles. The number of carbonyl (C=O) groups excluding carboxylic acids is 2. The summed E-state index contributed by atoms with van der Waals surface area (Å²) in [5.41, 5.74) is 0.860. The number of hydrogen-bond donors (Lipinski definition) is 0. The summed E-state index contributed by atoms with van der Waals surface area (Å²) in [5, 5.41) is 0.964. The summed E-state index contributed by atoms with van der Waals surface area (Å²) < 4.78 is 6.40. The van der Waals surface area contributed by atoms with E-state index in [0.29, 0.717) is 6.54 Å². The molecule has 1 aromatic carbocycles. The molecule has 0 aliphatic carbocycles. The van der Waals surface area contributed by atoms with Crippen LogP contribution in [0.2, 0.25) is 0 Å². The SMILES string of the molecule is CCCCN(CC)C(=O)Cc1c(C(=O)C(C)CC)sc2ccc(OC)cc12. The monoisotopic (exact) mass is 389 g/mol. The standard InChI is InChI=1S/C22H31NO3S/c1-6-9-12-23(8-3)20(24)14-18-17-13-16(26-5)10-11-19(17)27-22(18)21(25)15(4)7-2/h10-11,13,15H,6-9,12,14H2,1-5H3. The van der Waals surface area contributed by atoms with Crippen LogP contribution in [0.5, 0.6) is 5.75 Å². The zero-order valence-corrected chi connectivity index (χ0v) is 17.9. The van der Waals surface area contributed by atoms with Crippen LogP contribution in [-0.4, -0.2) is 36.8 Å². The lowest BCUT2D eigenvalue weighted by Crippen LogP contribution is -2.33. The molecule has 0 spiro atoms. The highest BCUT2D eigenvalue weighted by molar-refractivity contribution is 7.21. The fourth-order valence-corrected chi connectivity index (χ4v) is 4.36. The molecule has 0 fully saturated rings. The van der Waals surface area contributed by atoms with Crippen LogP contribution >= 0.6 is 11.3 Å². The Morgan fingerprint density at radius 3 is 2.56 bits per heavy atom. The Kier molecular flexibility index (Phi) is 7.84. The average molecular weight is 390 g/mol. The second kappa shape index (κ2) is 9.88. The van der Waals surface area contributed by atoms with E-state index < -0.39 is 0 Å². The van der Waals surface area contributed by atoms with Crippen molar-refractivity contribution in [1.82, 2.24) is 4.90 Å². The van der Waals surface area contributed by atoms with Crippen molar-refractivity contribution in [1.29, 1.82) is 0 Å². The zero-order chi connectivity index (χ0) is 20.0. The number of methoxy groups -OCH3 is 1. The Morgan fingerprint density at radius 2 is 1.96 bits per heavy atom. The summed E-state index contributed by atoms with van der Waals surface area (Å²) in [7, 11) is 1.63. The van der Waals surface area contributed by atoms with Gasteiger partial charge in [-0.05, 0) is 43.5 Å². The lowest BCUT2D eigenvalue weighted by Gasteiger charge is -2.21. The van der Waals surface area contributed by atoms with E-state index in [2.05, 4.69) is 6.92 Å². The molecular weight excluding hydrogens is 358 g/mol. The highest BCUT2D eigenvalue weighted by atomic mass is 32.1. The van der Waals surface area contributed by atoms with Crippen molar-refractivity contribution in [2.75, 3.05) is 20.2 Å². The van der Waals surface area contributed by atoms with Gasteiger partial charge in [0.25, 0.3) is 0 Å². The Bertz CT molecular complexity index is 796. The quantitative estimate of drug-likeness (QED) is 0.516. The molecule has 0 aliphatic rings. The van der Waals surface area contributed by atoms with Gasteiger partial charge in [-0.25, -0.2) is 0 Å². The average Bonchev–Trinajstić information content (AvgIpc) is 3.04. The Balaban J connectivity index is 2.47. The summed E-state index contributed by atoms with van der Waals surface area (Å²) >= 11 is 1.50. The predicted octanol–water partition coefficient (Wildman–Crippen LogP) is 5.33. The highest BCUT2D eigenvalue weighted by Crippen LogP contribution is 2.36. The first-order chi connectivity index (χ1) is 13.0. The molecule has 5 heteroatoms. The Hall–Kier alpha value is -1.88. The molecule has 1 aromatic heterocycles. The number of ketones is 1. The summed E-state index contributed by atoms with van der Waals surface area (Å²) in [4.78, 5) is 28.5. The number of nitrogens with zero attached hydrogens (tertiary/aromatic N) is 1. The van der Waals surface area contributed by atoms with Gasteiger partial charge >= 0.3 is 0 Å². The molecule has 27 heavy (non-hydrogen) atoms. The van der Waals surface area contributed by atoms with Gasteiger partial charge in [0.1, 0.15) is 5.75 Å². The molecule has 1 atom stereocenters. The minimum atomic E-state index is -0.0452. The van der Waals surface area contributed by atoms with Crippen LogP contribution in [0.1, 0.15) is 62.2 Å². The number of likely N-dealkylation sites (N-methyl/N-ethyl adjacent to an activating group) is 1. The molecule has 1 unspecified atom stereocenters. The van der Waals surface area contributed by atoms with Crippen LogP contribution in [0.4, 0.5) is 0 Å². The van der Waals surface area contributed by atoms with Crippen molar-refractivity contribution < 1.29 is 14.3 Å². The molecular formula is C22H31NO3S. The first kappa shape index (κ1) is 21.4. The van der Waals surface area contributed by atoms with Crippen LogP contribution < -0.4 is 4.74 Å². The fraction of sp³-hybridized carbons (Fsp3) is 0.545. The fourth-order valence-electron chi connectivity index (χ4n) is 3.11. The van der Waals surface area contributed by atoms with Crippen molar-refractivity contribution in [2.24, 2.45) is 5.92 Å². The van der Waals surface area contributed by atoms with E-state index in [1.54, 1.807) is 7.11 Å². The van der Waals surface area contributed by atoms with Gasteiger partial charge in [0.2, 0.25) is 5.91 Å². The molecule has 1 heterocycles. The van der Waals surface area contributed by atoms with Crippen molar-refractivity contribution in [3.63, 3.8) is 0 Å². The number of amides is 1. The Morgan fingerprint density at radius 1 is 1.22 bits per heavy atom. The summed E-state index contributed by atoms with van der Waals surface area (Å²) in [5.74, 6) is 0.926. The van der Waals surface area contributed by atoms with Gasteiger partial charge in [0, 0.05) is 29.1 Å². The number of fused-ring (bicyclic) bond motifs is 1. The van der Waals surface area contributed by atoms with E-state index in [1.165, 1.54) is 11.3 Å². The number of thiophene rings is 1. The smallest absolute Gasteiger partial charge is 0.227 e. The van der Waals surface area contributed by atoms with Gasteiger partial charge in [-0.2, -0.15) is 0 Å². The third-order valence-corrected chi connectivity index (χ3v) is 6.35. The summed E-state index contributed by atoms with van der Waals surface area (Å²) in [6.45, 7) is 9.57. The van der Waals surface area contributed by atoms with E-state index in [9.17, 15) is 9.59 Å². The number of unbranched alkanes of at least 4 members (excludes halogenated alkanes) is 1. The van der Waals surface area contributed by atoms with Gasteiger partial charge in [-0.15, -0.1) is 11.3 Å². The van der Waals surface area contributed by atoms with E-state index in [-0.39, 0.29) is 24.0 Å². The van der Waals surface area contributed by atoms with Crippen LogP contribution in [0.3, 0.4) is 0 Å². The van der Waals surface area contributed by atoms with E-state index in [1.807, 2.05) is 43.9 Å². The number of ether oxygens (including phenoxy) is 1. The first-order valence-corrected chi connectivity index (χ1v) is 10.7. The number of carbonyl (C=O) groups is 2. The molecule has 1 amide bonds. The number of hydrogen-bond acceptors (Lipinski definition) is 4. The maximum absolute atomic E-state index is 13.0. The number of Topliss-reactive ketones (excluding diaryl/α,β-unsaturated/α-hetero) is 1. The minimum absolute atomic E-state index is 0.0452. The normalized spacial score (nSPS) is 12.2. The van der Waals surface area contributed by atoms with Crippen LogP contribution in [0, 0.1) is 5.92 Å². The van der Waals surface area contributed by atoms with E-state index >= 15 is 0 Å². The zero-order valence-electron chi connectivity index (χ0n) is 17.1. The Labute approximate surface area is 166 Å². The molecule has 0 N–H and O–H groups in total. The molecule has 0 radical (unpaired) electrons. The minimum Gasteiger partial charge on any atom is -0.497 e. The third kappa shape index (κ3) is 4.89. The van der Waals surface area contributed by atoms with Crippen molar-refractivity contribution in [3.8, 4) is 5.75 Å². The van der Waals surface area contributed by atoms with Crippen LogP contribution in [-0.2, 0) is 11.2 Å². The highest BCUT2D eigenvalue weighted by Gasteiger charge is 2.25. The predicted molar refractivity (Wildman–Crippen MR) is 113 cm³/mol. The molecule has 0 bridgehead atoms. The maximum Gasteiger partial charge on any atom is 0.227 e. The summed E-state index contributed by atoms with van der Waals surface area (Å²) in [6.07, 6.45) is 3.11. The van der Waals surface area contributed by atoms with Gasteiger partial charge in [-0.3, -0.25) is 9.59 Å². The first-order valence-electron chi connectivity index (χ1n) is 9.88. The molecule has 4 nitrogen and oxygen atoms in total. The third-order valence-electron chi connectivity index (χ3n) is 5.13. The van der Waals surface area contributed by atoms with Crippen molar-refractivity contribution >= 4 is 33.1 Å². The molecule has 148 valence electrons.